The Balaban J connectivity index is 2.37. The van der Waals surface area contributed by atoms with Crippen molar-refractivity contribution >= 4 is 27.8 Å². The molecule has 1 aromatic carbocycles. The third-order valence-corrected chi connectivity index (χ3v) is 4.09. The Labute approximate surface area is 106 Å². The average Bonchev–Trinajstić information content (AvgIpc) is 2.68. The summed E-state index contributed by atoms with van der Waals surface area (Å²) in [5.74, 6) is 0. The van der Waals surface area contributed by atoms with Gasteiger partial charge in [-0.1, -0.05) is 26.8 Å². The molecular formula is C14H17NOS. The van der Waals surface area contributed by atoms with E-state index in [2.05, 4.69) is 44.0 Å². The van der Waals surface area contributed by atoms with Crippen molar-refractivity contribution in [2.24, 2.45) is 0 Å². The summed E-state index contributed by atoms with van der Waals surface area (Å²) in [6, 6.07) is 6.28. The molecule has 0 atom stereocenters. The van der Waals surface area contributed by atoms with Crippen LogP contribution in [0.5, 0.6) is 0 Å². The molecule has 2 nitrogen and oxygen atoms in total. The number of thiazole rings is 1. The van der Waals surface area contributed by atoms with Crippen LogP contribution >= 0.6 is 11.3 Å². The van der Waals surface area contributed by atoms with E-state index < -0.39 is 0 Å². The highest BCUT2D eigenvalue weighted by Crippen LogP contribution is 2.31. The van der Waals surface area contributed by atoms with Crippen molar-refractivity contribution in [2.75, 3.05) is 0 Å². The predicted octanol–water partition coefficient (Wildman–Crippen LogP) is 3.73. The number of hydrogen-bond donors (Lipinski definition) is 0. The van der Waals surface area contributed by atoms with E-state index in [1.54, 1.807) is 11.3 Å². The van der Waals surface area contributed by atoms with Gasteiger partial charge in [-0.25, -0.2) is 4.98 Å². The molecule has 0 aliphatic rings. The number of carbonyl (C=O) groups is 1. The van der Waals surface area contributed by atoms with Gasteiger partial charge in [-0.05, 0) is 24.1 Å². The van der Waals surface area contributed by atoms with Gasteiger partial charge in [0.25, 0.3) is 0 Å². The standard InChI is InChI=1S/C14H17NOS/c1-14(2,3)13-15-11-7-6-10(5-4-8-16)9-12(11)17-13/h6-9H,4-5H2,1-3H3. The highest BCUT2D eigenvalue weighted by Gasteiger charge is 2.18. The first-order valence-electron chi connectivity index (χ1n) is 5.84. The van der Waals surface area contributed by atoms with Crippen molar-refractivity contribution in [3.05, 3.63) is 28.8 Å². The quantitative estimate of drug-likeness (QED) is 0.774. The highest BCUT2D eigenvalue weighted by molar-refractivity contribution is 7.18. The van der Waals surface area contributed by atoms with Crippen molar-refractivity contribution in [2.45, 2.75) is 39.0 Å². The Morgan fingerprint density at radius 1 is 1.35 bits per heavy atom. The van der Waals surface area contributed by atoms with Gasteiger partial charge in [0.05, 0.1) is 15.2 Å². The lowest BCUT2D eigenvalue weighted by molar-refractivity contribution is -0.107. The predicted molar refractivity (Wildman–Crippen MR) is 72.7 cm³/mol. The maximum atomic E-state index is 10.4. The largest absolute Gasteiger partial charge is 0.303 e. The molecule has 2 rings (SSSR count). The first-order valence-corrected chi connectivity index (χ1v) is 6.66. The van der Waals surface area contributed by atoms with Crippen LogP contribution in [0.2, 0.25) is 0 Å². The van der Waals surface area contributed by atoms with Gasteiger partial charge < -0.3 is 4.79 Å². The first-order chi connectivity index (χ1) is 8.00. The number of carbonyl (C=O) groups excluding carboxylic acids is 1. The lowest BCUT2D eigenvalue weighted by Gasteiger charge is -2.13. The number of fused-ring (bicyclic) bond motifs is 1. The Hall–Kier alpha value is -1.22. The van der Waals surface area contributed by atoms with Crippen LogP contribution in [0.4, 0.5) is 0 Å². The Morgan fingerprint density at radius 3 is 2.76 bits per heavy atom. The topological polar surface area (TPSA) is 30.0 Å². The lowest BCUT2D eigenvalue weighted by Crippen LogP contribution is -2.09. The molecule has 0 aliphatic heterocycles. The molecular weight excluding hydrogens is 230 g/mol. The summed E-state index contributed by atoms with van der Waals surface area (Å²) < 4.78 is 1.22. The van der Waals surface area contributed by atoms with Crippen LogP contribution in [0.3, 0.4) is 0 Å². The maximum Gasteiger partial charge on any atom is 0.120 e. The summed E-state index contributed by atoms with van der Waals surface area (Å²) >= 11 is 1.75. The minimum Gasteiger partial charge on any atom is -0.303 e. The molecule has 2 aromatic rings. The minimum atomic E-state index is 0.104. The summed E-state index contributed by atoms with van der Waals surface area (Å²) in [6.45, 7) is 6.54. The zero-order chi connectivity index (χ0) is 12.5. The van der Waals surface area contributed by atoms with Gasteiger partial charge in [-0.3, -0.25) is 0 Å². The third-order valence-electron chi connectivity index (χ3n) is 2.65. The molecule has 3 heteroatoms. The molecule has 0 saturated carbocycles. The summed E-state index contributed by atoms with van der Waals surface area (Å²) in [5.41, 5.74) is 2.38. The van der Waals surface area contributed by atoms with Gasteiger partial charge in [0.15, 0.2) is 0 Å². The van der Waals surface area contributed by atoms with Crippen LogP contribution in [0.1, 0.15) is 37.8 Å². The zero-order valence-corrected chi connectivity index (χ0v) is 11.3. The normalized spacial score (nSPS) is 11.9. The number of rotatable bonds is 3. The van der Waals surface area contributed by atoms with Crippen LogP contribution in [-0.2, 0) is 16.6 Å². The second-order valence-corrected chi connectivity index (χ2v) is 6.31. The van der Waals surface area contributed by atoms with Crippen molar-refractivity contribution in [3.63, 3.8) is 0 Å². The molecule has 1 heterocycles. The van der Waals surface area contributed by atoms with E-state index in [4.69, 9.17) is 0 Å². The Morgan fingerprint density at radius 2 is 2.12 bits per heavy atom. The molecule has 0 amide bonds. The van der Waals surface area contributed by atoms with Crippen LogP contribution in [-0.4, -0.2) is 11.3 Å². The van der Waals surface area contributed by atoms with E-state index in [1.807, 2.05) is 0 Å². The SMILES string of the molecule is CC(C)(C)c1nc2ccc(CCC=O)cc2s1. The van der Waals surface area contributed by atoms with E-state index in [0.717, 1.165) is 18.2 Å². The number of nitrogens with zero attached hydrogens (tertiary/aromatic N) is 1. The fourth-order valence-electron chi connectivity index (χ4n) is 1.67. The molecule has 0 aliphatic carbocycles. The molecule has 0 N–H and O–H groups in total. The number of aryl methyl sites for hydroxylation is 1. The minimum absolute atomic E-state index is 0.104. The van der Waals surface area contributed by atoms with Gasteiger partial charge in [-0.2, -0.15) is 0 Å². The van der Waals surface area contributed by atoms with Crippen LogP contribution in [0, 0.1) is 0 Å². The average molecular weight is 247 g/mol. The van der Waals surface area contributed by atoms with E-state index in [0.29, 0.717) is 6.42 Å². The van der Waals surface area contributed by atoms with E-state index in [-0.39, 0.29) is 5.41 Å². The lowest BCUT2D eigenvalue weighted by atomic mass is 9.98. The van der Waals surface area contributed by atoms with Gasteiger partial charge in [-0.15, -0.1) is 11.3 Å². The number of aromatic nitrogens is 1. The second-order valence-electron chi connectivity index (χ2n) is 5.28. The first kappa shape index (κ1) is 12.2. The van der Waals surface area contributed by atoms with Crippen LogP contribution < -0.4 is 0 Å². The summed E-state index contributed by atoms with van der Waals surface area (Å²) in [4.78, 5) is 15.0. The molecule has 90 valence electrons. The number of aldehydes is 1. The monoisotopic (exact) mass is 247 g/mol. The highest BCUT2D eigenvalue weighted by atomic mass is 32.1. The molecule has 1 aromatic heterocycles. The van der Waals surface area contributed by atoms with Gasteiger partial charge >= 0.3 is 0 Å². The molecule has 17 heavy (non-hydrogen) atoms. The molecule has 0 radical (unpaired) electrons. The van der Waals surface area contributed by atoms with Crippen molar-refractivity contribution in [1.82, 2.24) is 4.98 Å². The van der Waals surface area contributed by atoms with Crippen LogP contribution in [0.25, 0.3) is 10.2 Å². The van der Waals surface area contributed by atoms with E-state index in [9.17, 15) is 4.79 Å². The van der Waals surface area contributed by atoms with Gasteiger partial charge in [0.1, 0.15) is 6.29 Å². The van der Waals surface area contributed by atoms with Crippen molar-refractivity contribution in [3.8, 4) is 0 Å². The second kappa shape index (κ2) is 4.57. The maximum absolute atomic E-state index is 10.4. The van der Waals surface area contributed by atoms with E-state index in [1.165, 1.54) is 15.3 Å². The molecule has 0 fully saturated rings. The number of hydrogen-bond acceptors (Lipinski definition) is 3. The van der Waals surface area contributed by atoms with Gasteiger partial charge in [0, 0.05) is 11.8 Å². The molecule has 0 bridgehead atoms. The molecule has 0 spiro atoms. The summed E-state index contributed by atoms with van der Waals surface area (Å²) in [5, 5.41) is 1.17. The zero-order valence-electron chi connectivity index (χ0n) is 10.5. The summed E-state index contributed by atoms with van der Waals surface area (Å²) in [7, 11) is 0. The van der Waals surface area contributed by atoms with Crippen LogP contribution in [0.15, 0.2) is 18.2 Å². The summed E-state index contributed by atoms with van der Waals surface area (Å²) in [6.07, 6.45) is 2.39. The molecule has 0 saturated heterocycles. The smallest absolute Gasteiger partial charge is 0.120 e. The fourth-order valence-corrected chi connectivity index (χ4v) is 2.76. The van der Waals surface area contributed by atoms with Crippen molar-refractivity contribution in [1.29, 1.82) is 0 Å². The third kappa shape index (κ3) is 2.72. The Bertz CT molecular complexity index is 537. The van der Waals surface area contributed by atoms with E-state index >= 15 is 0 Å². The Kier molecular flexibility index (Phi) is 3.29. The molecule has 0 unspecified atom stereocenters. The number of benzene rings is 1. The van der Waals surface area contributed by atoms with Crippen molar-refractivity contribution < 1.29 is 4.79 Å². The van der Waals surface area contributed by atoms with Gasteiger partial charge in [0.2, 0.25) is 0 Å². The fraction of sp³-hybridized carbons (Fsp3) is 0.429.